The van der Waals surface area contributed by atoms with Crippen LogP contribution in [0.5, 0.6) is 5.75 Å². The van der Waals surface area contributed by atoms with Crippen LogP contribution in [0.4, 0.5) is 21.1 Å². The number of carbonyl (C=O) groups is 2. The Hall–Kier alpha value is -4.21. The molecule has 38 heavy (non-hydrogen) atoms. The molecule has 1 N–H and O–H groups in total. The van der Waals surface area contributed by atoms with Crippen molar-refractivity contribution in [3.63, 3.8) is 0 Å². The number of hydrogen-bond donors (Lipinski definition) is 1. The highest BCUT2D eigenvalue weighted by Gasteiger charge is 2.28. The molecular formula is C28H33N5O5. The van der Waals surface area contributed by atoms with Crippen LogP contribution in [0.25, 0.3) is 22.5 Å². The van der Waals surface area contributed by atoms with Gasteiger partial charge in [0.1, 0.15) is 11.4 Å². The van der Waals surface area contributed by atoms with E-state index in [1.54, 1.807) is 33.9 Å². The van der Waals surface area contributed by atoms with Gasteiger partial charge in [-0.1, -0.05) is 29.4 Å². The Morgan fingerprint density at radius 1 is 0.974 bits per heavy atom. The predicted molar refractivity (Wildman–Crippen MR) is 144 cm³/mol. The molecule has 0 aliphatic carbocycles. The summed E-state index contributed by atoms with van der Waals surface area (Å²) in [5, 5.41) is 15.4. The topological polar surface area (TPSA) is 103 Å². The number of piperazine rings is 1. The zero-order chi connectivity index (χ0) is 27.0. The fourth-order valence-electron chi connectivity index (χ4n) is 4.67. The van der Waals surface area contributed by atoms with Crippen molar-refractivity contribution in [2.45, 2.75) is 26.4 Å². The largest absolute Gasteiger partial charge is 0.507 e. The van der Waals surface area contributed by atoms with Crippen molar-refractivity contribution in [2.24, 2.45) is 0 Å². The average molecular weight is 520 g/mol. The number of likely N-dealkylation sites (N-methyl/N-ethyl adjacent to an activating group) is 1. The summed E-state index contributed by atoms with van der Waals surface area (Å²) in [7, 11) is 1.79. The molecule has 0 saturated carbocycles. The number of carbonyl (C=O) groups excluding carboxylic acids is 2. The Bertz CT molecular complexity index is 1320. The fraction of sp³-hybridized carbons (Fsp3) is 0.393. The van der Waals surface area contributed by atoms with Crippen molar-refractivity contribution in [1.29, 1.82) is 0 Å². The molecule has 1 aromatic heterocycles. The molecular weight excluding hydrogens is 486 g/mol. The second-order valence-electron chi connectivity index (χ2n) is 10.6. The van der Waals surface area contributed by atoms with Crippen LogP contribution < -0.4 is 9.80 Å². The highest BCUT2D eigenvalue weighted by molar-refractivity contribution is 5.94. The summed E-state index contributed by atoms with van der Waals surface area (Å²) in [6, 6.07) is 14.9. The van der Waals surface area contributed by atoms with Gasteiger partial charge in [-0.2, -0.15) is 0 Å². The normalized spacial score (nSPS) is 16.4. The van der Waals surface area contributed by atoms with Crippen molar-refractivity contribution >= 4 is 23.6 Å². The Balaban J connectivity index is 1.29. The van der Waals surface area contributed by atoms with Gasteiger partial charge in [0, 0.05) is 63.6 Å². The number of ether oxygens (including phenoxy) is 1. The van der Waals surface area contributed by atoms with Gasteiger partial charge in [0.15, 0.2) is 11.6 Å². The minimum absolute atomic E-state index is 0.0185. The van der Waals surface area contributed by atoms with Gasteiger partial charge in [-0.25, -0.2) is 9.59 Å². The van der Waals surface area contributed by atoms with Crippen LogP contribution in [0.15, 0.2) is 53.1 Å². The third-order valence-electron chi connectivity index (χ3n) is 6.76. The van der Waals surface area contributed by atoms with Crippen LogP contribution in [0, 0.1) is 0 Å². The van der Waals surface area contributed by atoms with Gasteiger partial charge in [-0.15, -0.1) is 0 Å². The van der Waals surface area contributed by atoms with Crippen molar-refractivity contribution in [2.75, 3.05) is 56.1 Å². The summed E-state index contributed by atoms with van der Waals surface area (Å²) in [6.07, 6.45) is -0.313. The van der Waals surface area contributed by atoms with E-state index in [9.17, 15) is 14.7 Å². The number of phenolic OH excluding ortho intramolecular Hbond substituents is 1. The molecule has 10 heteroatoms. The molecule has 200 valence electrons. The number of urea groups is 1. The molecule has 3 aromatic rings. The van der Waals surface area contributed by atoms with Crippen LogP contribution >= 0.6 is 0 Å². The van der Waals surface area contributed by atoms with E-state index in [0.29, 0.717) is 62.0 Å². The second kappa shape index (κ2) is 9.92. The molecule has 3 heterocycles. The molecule has 5 rings (SSSR count). The fourth-order valence-corrected chi connectivity index (χ4v) is 4.67. The van der Waals surface area contributed by atoms with E-state index in [4.69, 9.17) is 9.26 Å². The first kappa shape index (κ1) is 25.4. The number of aromatic hydroxyl groups is 1. The average Bonchev–Trinajstić information content (AvgIpc) is 3.51. The van der Waals surface area contributed by atoms with Crippen LogP contribution in [-0.4, -0.2) is 84.1 Å². The van der Waals surface area contributed by atoms with Gasteiger partial charge < -0.3 is 29.1 Å². The van der Waals surface area contributed by atoms with E-state index in [1.165, 1.54) is 0 Å². The molecule has 0 radical (unpaired) electrons. The molecule has 10 nitrogen and oxygen atoms in total. The van der Waals surface area contributed by atoms with Gasteiger partial charge in [0.25, 0.3) is 0 Å². The van der Waals surface area contributed by atoms with E-state index in [0.717, 1.165) is 11.3 Å². The molecule has 0 bridgehead atoms. The van der Waals surface area contributed by atoms with E-state index in [-0.39, 0.29) is 17.9 Å². The zero-order valence-electron chi connectivity index (χ0n) is 22.2. The number of rotatable bonds is 4. The molecule has 2 fully saturated rings. The highest BCUT2D eigenvalue weighted by atomic mass is 16.6. The summed E-state index contributed by atoms with van der Waals surface area (Å²) in [6.45, 7) is 9.15. The number of aromatic nitrogens is 1. The van der Waals surface area contributed by atoms with Crippen molar-refractivity contribution in [3.05, 3.63) is 48.5 Å². The van der Waals surface area contributed by atoms with Crippen molar-refractivity contribution in [1.82, 2.24) is 15.0 Å². The van der Waals surface area contributed by atoms with Gasteiger partial charge in [-0.05, 0) is 44.5 Å². The van der Waals surface area contributed by atoms with Crippen LogP contribution in [0.2, 0.25) is 0 Å². The summed E-state index contributed by atoms with van der Waals surface area (Å²) in [4.78, 5) is 31.8. The Morgan fingerprint density at radius 3 is 2.29 bits per heavy atom. The van der Waals surface area contributed by atoms with E-state index in [1.807, 2.05) is 62.1 Å². The monoisotopic (exact) mass is 519 g/mol. The SMILES string of the molecule is CN1CCN(c2ccc(-c3cccc(-c4cc(N5CCN(C(=O)OC(C)(C)C)CC5)no4)c3O)cc2)C1=O. The van der Waals surface area contributed by atoms with Crippen LogP contribution in [0.3, 0.4) is 0 Å². The molecule has 2 aliphatic rings. The van der Waals surface area contributed by atoms with Gasteiger partial charge >= 0.3 is 12.1 Å². The zero-order valence-corrected chi connectivity index (χ0v) is 22.2. The quantitative estimate of drug-likeness (QED) is 0.536. The van der Waals surface area contributed by atoms with Crippen LogP contribution in [-0.2, 0) is 4.74 Å². The van der Waals surface area contributed by atoms with Gasteiger partial charge in [0.2, 0.25) is 0 Å². The second-order valence-corrected chi connectivity index (χ2v) is 10.6. The van der Waals surface area contributed by atoms with E-state index < -0.39 is 5.60 Å². The number of benzene rings is 2. The van der Waals surface area contributed by atoms with Gasteiger partial charge in [-0.3, -0.25) is 4.90 Å². The standard InChI is InChI=1S/C28H33N5O5/c1-28(2,3)37-27(36)32-15-13-31(14-16-32)24-18-23(38-29-24)22-7-5-6-21(25(22)34)19-8-10-20(11-9-19)33-17-12-30(4)26(33)35/h5-11,18,34H,12-17H2,1-4H3. The molecule has 0 unspecified atom stereocenters. The summed E-state index contributed by atoms with van der Waals surface area (Å²) < 4.78 is 11.1. The Kier molecular flexibility index (Phi) is 6.64. The third-order valence-corrected chi connectivity index (χ3v) is 6.76. The Labute approximate surface area is 222 Å². The predicted octanol–water partition coefficient (Wildman–Crippen LogP) is 4.64. The van der Waals surface area contributed by atoms with Crippen LogP contribution in [0.1, 0.15) is 20.8 Å². The lowest BCUT2D eigenvalue weighted by Gasteiger charge is -2.35. The first-order valence-corrected chi connectivity index (χ1v) is 12.8. The maximum atomic E-state index is 12.3. The molecule has 2 saturated heterocycles. The molecule has 3 amide bonds. The number of amides is 3. The number of phenols is 1. The van der Waals surface area contributed by atoms with E-state index >= 15 is 0 Å². The smallest absolute Gasteiger partial charge is 0.410 e. The number of nitrogens with zero attached hydrogens (tertiary/aromatic N) is 5. The summed E-state index contributed by atoms with van der Waals surface area (Å²) in [5.41, 5.74) is 2.31. The van der Waals surface area contributed by atoms with E-state index in [2.05, 4.69) is 5.16 Å². The van der Waals surface area contributed by atoms with Crippen molar-refractivity contribution in [3.8, 4) is 28.2 Å². The summed E-state index contributed by atoms with van der Waals surface area (Å²) >= 11 is 0. The maximum absolute atomic E-state index is 12.3. The Morgan fingerprint density at radius 2 is 1.66 bits per heavy atom. The minimum Gasteiger partial charge on any atom is -0.507 e. The number of anilines is 2. The van der Waals surface area contributed by atoms with Gasteiger partial charge in [0.05, 0.1) is 5.56 Å². The lowest BCUT2D eigenvalue weighted by molar-refractivity contribution is 0.0240. The minimum atomic E-state index is -0.530. The van der Waals surface area contributed by atoms with Crippen molar-refractivity contribution < 1.29 is 24.0 Å². The lowest BCUT2D eigenvalue weighted by atomic mass is 10.00. The molecule has 2 aromatic carbocycles. The molecule has 0 atom stereocenters. The molecule has 0 spiro atoms. The first-order valence-electron chi connectivity index (χ1n) is 12.8. The molecule has 2 aliphatic heterocycles. The number of para-hydroxylation sites is 1. The number of hydrogen-bond acceptors (Lipinski definition) is 7. The highest BCUT2D eigenvalue weighted by Crippen LogP contribution is 2.39. The third kappa shape index (κ3) is 5.11. The maximum Gasteiger partial charge on any atom is 0.410 e. The first-order chi connectivity index (χ1) is 18.1. The summed E-state index contributed by atoms with van der Waals surface area (Å²) in [5.74, 6) is 1.20. The lowest BCUT2D eigenvalue weighted by Crippen LogP contribution is -2.50.